The standard InChI is InChI=1S/C10H9N3O4/c1-12-10(17)13(9(16)11-12)7-4-2-6(3-5-7)8(14)15/h2-5H,1H3,(H,11,16)(H,14,15). The third kappa shape index (κ3) is 1.78. The van der Waals surface area contributed by atoms with Gasteiger partial charge in [-0.3, -0.25) is 0 Å². The molecule has 0 aliphatic rings. The van der Waals surface area contributed by atoms with E-state index in [9.17, 15) is 14.4 Å². The number of carbonyl (C=O) groups is 1. The summed E-state index contributed by atoms with van der Waals surface area (Å²) in [6, 6.07) is 5.47. The van der Waals surface area contributed by atoms with Gasteiger partial charge in [-0.1, -0.05) is 0 Å². The summed E-state index contributed by atoms with van der Waals surface area (Å²) < 4.78 is 1.97. The normalized spacial score (nSPS) is 10.4. The van der Waals surface area contributed by atoms with Crippen LogP contribution in [0.3, 0.4) is 0 Å². The van der Waals surface area contributed by atoms with Crippen molar-refractivity contribution < 1.29 is 9.90 Å². The van der Waals surface area contributed by atoms with Gasteiger partial charge in [-0.2, -0.15) is 0 Å². The van der Waals surface area contributed by atoms with E-state index in [1.54, 1.807) is 0 Å². The van der Waals surface area contributed by atoms with E-state index in [2.05, 4.69) is 5.10 Å². The van der Waals surface area contributed by atoms with Crippen molar-refractivity contribution in [2.75, 3.05) is 0 Å². The van der Waals surface area contributed by atoms with Crippen LogP contribution in [-0.4, -0.2) is 25.4 Å². The summed E-state index contributed by atoms with van der Waals surface area (Å²) in [7, 11) is 1.42. The maximum Gasteiger partial charge on any atom is 0.351 e. The zero-order valence-corrected chi connectivity index (χ0v) is 8.88. The SMILES string of the molecule is Cn1[nH]c(=O)n(-c2ccc(C(=O)O)cc2)c1=O. The number of aromatic carboxylic acids is 1. The van der Waals surface area contributed by atoms with Crippen molar-refractivity contribution in [3.8, 4) is 5.69 Å². The minimum absolute atomic E-state index is 0.0918. The van der Waals surface area contributed by atoms with Gasteiger partial charge >= 0.3 is 17.3 Å². The highest BCUT2D eigenvalue weighted by molar-refractivity contribution is 5.87. The number of nitrogens with one attached hydrogen (secondary N) is 1. The highest BCUT2D eigenvalue weighted by Gasteiger charge is 2.09. The summed E-state index contributed by atoms with van der Waals surface area (Å²) >= 11 is 0. The Morgan fingerprint density at radius 3 is 2.24 bits per heavy atom. The number of carboxylic acid groups (broad SMARTS) is 1. The van der Waals surface area contributed by atoms with Crippen molar-refractivity contribution in [1.29, 1.82) is 0 Å². The van der Waals surface area contributed by atoms with E-state index in [0.717, 1.165) is 9.25 Å². The summed E-state index contributed by atoms with van der Waals surface area (Å²) in [6.07, 6.45) is 0. The molecule has 0 bridgehead atoms. The molecule has 0 fully saturated rings. The Balaban J connectivity index is 2.58. The van der Waals surface area contributed by atoms with Crippen LogP contribution >= 0.6 is 0 Å². The second kappa shape index (κ2) is 3.78. The molecule has 1 aromatic carbocycles. The smallest absolute Gasteiger partial charge is 0.351 e. The lowest BCUT2D eigenvalue weighted by atomic mass is 10.2. The molecule has 7 heteroatoms. The molecule has 2 aromatic rings. The maximum absolute atomic E-state index is 11.6. The number of aromatic amines is 1. The van der Waals surface area contributed by atoms with Crippen molar-refractivity contribution in [2.24, 2.45) is 7.05 Å². The van der Waals surface area contributed by atoms with Gasteiger partial charge in [0.2, 0.25) is 0 Å². The zero-order valence-electron chi connectivity index (χ0n) is 8.88. The first-order valence-corrected chi connectivity index (χ1v) is 4.72. The predicted octanol–water partition coefficient (Wildman–Crippen LogP) is -0.438. The van der Waals surface area contributed by atoms with E-state index in [1.807, 2.05) is 0 Å². The van der Waals surface area contributed by atoms with Crippen LogP contribution in [0.5, 0.6) is 0 Å². The fourth-order valence-corrected chi connectivity index (χ4v) is 1.46. The molecule has 0 saturated heterocycles. The number of carboxylic acids is 1. The molecule has 0 amide bonds. The summed E-state index contributed by atoms with van der Waals surface area (Å²) in [5.74, 6) is -1.06. The maximum atomic E-state index is 11.6. The first-order chi connectivity index (χ1) is 8.00. The molecule has 88 valence electrons. The van der Waals surface area contributed by atoms with E-state index in [1.165, 1.54) is 31.3 Å². The van der Waals surface area contributed by atoms with Crippen LogP contribution < -0.4 is 11.4 Å². The van der Waals surface area contributed by atoms with E-state index < -0.39 is 17.3 Å². The number of hydrogen-bond acceptors (Lipinski definition) is 3. The predicted molar refractivity (Wildman–Crippen MR) is 58.6 cm³/mol. The van der Waals surface area contributed by atoms with Gasteiger partial charge in [0, 0.05) is 7.05 Å². The largest absolute Gasteiger partial charge is 0.478 e. The third-order valence-corrected chi connectivity index (χ3v) is 2.32. The molecular formula is C10H9N3O4. The number of hydrogen-bond donors (Lipinski definition) is 2. The molecule has 2 rings (SSSR count). The van der Waals surface area contributed by atoms with Crippen molar-refractivity contribution in [1.82, 2.24) is 14.3 Å². The van der Waals surface area contributed by atoms with Crippen LogP contribution in [0.1, 0.15) is 10.4 Å². The highest BCUT2D eigenvalue weighted by Crippen LogP contribution is 2.05. The average Bonchev–Trinajstić information content (AvgIpc) is 2.53. The molecule has 2 N–H and O–H groups in total. The molecule has 0 aliphatic heterocycles. The molecule has 1 heterocycles. The minimum atomic E-state index is -1.06. The Morgan fingerprint density at radius 2 is 1.82 bits per heavy atom. The van der Waals surface area contributed by atoms with E-state index in [0.29, 0.717) is 5.69 Å². The molecule has 0 unspecified atom stereocenters. The van der Waals surface area contributed by atoms with Crippen molar-refractivity contribution >= 4 is 5.97 Å². The summed E-state index contributed by atoms with van der Waals surface area (Å²) in [6.45, 7) is 0. The lowest BCUT2D eigenvalue weighted by Crippen LogP contribution is -2.26. The van der Waals surface area contributed by atoms with Crippen molar-refractivity contribution in [2.45, 2.75) is 0 Å². The van der Waals surface area contributed by atoms with Gasteiger partial charge in [-0.25, -0.2) is 28.7 Å². The van der Waals surface area contributed by atoms with Gasteiger partial charge in [-0.05, 0) is 24.3 Å². The van der Waals surface area contributed by atoms with Gasteiger partial charge in [0.15, 0.2) is 0 Å². The molecule has 0 radical (unpaired) electrons. The summed E-state index contributed by atoms with van der Waals surface area (Å²) in [5.41, 5.74) is -0.672. The molecule has 0 atom stereocenters. The first kappa shape index (κ1) is 10.9. The van der Waals surface area contributed by atoms with E-state index in [4.69, 9.17) is 5.11 Å². The first-order valence-electron chi connectivity index (χ1n) is 4.72. The number of H-pyrrole nitrogens is 1. The molecule has 7 nitrogen and oxygen atoms in total. The van der Waals surface area contributed by atoms with Gasteiger partial charge in [0.1, 0.15) is 0 Å². The second-order valence-corrected chi connectivity index (χ2v) is 3.45. The number of benzene rings is 1. The Morgan fingerprint density at radius 1 is 1.24 bits per heavy atom. The molecule has 0 saturated carbocycles. The number of nitrogens with zero attached hydrogens (tertiary/aromatic N) is 2. The summed E-state index contributed by atoms with van der Waals surface area (Å²) in [5, 5.41) is 11.0. The van der Waals surface area contributed by atoms with Crippen LogP contribution in [0.4, 0.5) is 0 Å². The van der Waals surface area contributed by atoms with Gasteiger partial charge in [0.05, 0.1) is 11.3 Å². The molecule has 0 spiro atoms. The Labute approximate surface area is 94.5 Å². The van der Waals surface area contributed by atoms with E-state index in [-0.39, 0.29) is 5.56 Å². The van der Waals surface area contributed by atoms with E-state index >= 15 is 0 Å². The minimum Gasteiger partial charge on any atom is -0.478 e. The van der Waals surface area contributed by atoms with Crippen molar-refractivity contribution in [3.05, 3.63) is 50.8 Å². The fraction of sp³-hybridized carbons (Fsp3) is 0.100. The third-order valence-electron chi connectivity index (χ3n) is 2.32. The molecule has 1 aromatic heterocycles. The number of aryl methyl sites for hydroxylation is 1. The Hall–Kier alpha value is -2.57. The van der Waals surface area contributed by atoms with Crippen LogP contribution in [0.25, 0.3) is 5.69 Å². The topological polar surface area (TPSA) is 97.1 Å². The van der Waals surface area contributed by atoms with Gasteiger partial charge in [0.25, 0.3) is 0 Å². The monoisotopic (exact) mass is 235 g/mol. The van der Waals surface area contributed by atoms with Crippen LogP contribution in [0, 0.1) is 0 Å². The zero-order chi connectivity index (χ0) is 12.6. The fourth-order valence-electron chi connectivity index (χ4n) is 1.46. The number of aromatic nitrogens is 3. The van der Waals surface area contributed by atoms with Crippen LogP contribution in [-0.2, 0) is 7.05 Å². The highest BCUT2D eigenvalue weighted by atomic mass is 16.4. The van der Waals surface area contributed by atoms with Crippen molar-refractivity contribution in [3.63, 3.8) is 0 Å². The second-order valence-electron chi connectivity index (χ2n) is 3.45. The lowest BCUT2D eigenvalue weighted by Gasteiger charge is -1.99. The van der Waals surface area contributed by atoms with Gasteiger partial charge in [-0.15, -0.1) is 0 Å². The lowest BCUT2D eigenvalue weighted by molar-refractivity contribution is 0.0697. The molecule has 17 heavy (non-hydrogen) atoms. The quantitative estimate of drug-likeness (QED) is 0.737. The number of rotatable bonds is 2. The van der Waals surface area contributed by atoms with Crippen LogP contribution in [0.15, 0.2) is 33.9 Å². The molecular weight excluding hydrogens is 226 g/mol. The Kier molecular flexibility index (Phi) is 2.43. The van der Waals surface area contributed by atoms with Crippen LogP contribution in [0.2, 0.25) is 0 Å². The van der Waals surface area contributed by atoms with Gasteiger partial charge < -0.3 is 5.11 Å². The average molecular weight is 235 g/mol. The summed E-state index contributed by atoms with van der Waals surface area (Å²) in [4.78, 5) is 33.7. The molecule has 0 aliphatic carbocycles. The Bertz CT molecular complexity index is 675.